The summed E-state index contributed by atoms with van der Waals surface area (Å²) in [5, 5.41) is 8.52. The Morgan fingerprint density at radius 2 is 2.21 bits per heavy atom. The van der Waals surface area contributed by atoms with Gasteiger partial charge >= 0.3 is 5.97 Å². The Balaban J connectivity index is 2.11. The third-order valence-corrected chi connectivity index (χ3v) is 3.00. The molecular weight excluding hydrogens is 185 g/mol. The molecule has 1 unspecified atom stereocenters. The monoisotopic (exact) mass is 199 g/mol. The van der Waals surface area contributed by atoms with Crippen molar-refractivity contribution in [3.8, 4) is 0 Å². The Morgan fingerprint density at radius 3 is 2.71 bits per heavy atom. The zero-order chi connectivity index (χ0) is 10.3. The van der Waals surface area contributed by atoms with Crippen LogP contribution < -0.4 is 0 Å². The van der Waals surface area contributed by atoms with E-state index in [2.05, 4.69) is 4.90 Å². The van der Waals surface area contributed by atoms with Gasteiger partial charge in [-0.3, -0.25) is 4.90 Å². The number of likely N-dealkylation sites (tertiary alicyclic amines) is 1. The molecule has 0 aromatic rings. The van der Waals surface area contributed by atoms with Gasteiger partial charge in [-0.05, 0) is 31.8 Å². The summed E-state index contributed by atoms with van der Waals surface area (Å²) in [7, 11) is 0. The van der Waals surface area contributed by atoms with E-state index in [1.807, 2.05) is 6.92 Å². The van der Waals surface area contributed by atoms with Gasteiger partial charge in [-0.1, -0.05) is 0 Å². The highest BCUT2D eigenvalue weighted by Gasteiger charge is 2.38. The largest absolute Gasteiger partial charge is 0.476 e. The van der Waals surface area contributed by atoms with E-state index in [1.165, 1.54) is 12.8 Å². The first kappa shape index (κ1) is 9.65. The summed E-state index contributed by atoms with van der Waals surface area (Å²) in [6, 6.07) is 0.867. The van der Waals surface area contributed by atoms with E-state index in [0.717, 1.165) is 0 Å². The van der Waals surface area contributed by atoms with Gasteiger partial charge in [0.05, 0.1) is 0 Å². The van der Waals surface area contributed by atoms with Crippen molar-refractivity contribution in [3.63, 3.8) is 0 Å². The van der Waals surface area contributed by atoms with E-state index >= 15 is 0 Å². The molecule has 0 aromatic heterocycles. The number of carboxylic acid groups (broad SMARTS) is 1. The first-order valence-corrected chi connectivity index (χ1v) is 4.96. The number of halogens is 1. The van der Waals surface area contributed by atoms with E-state index in [9.17, 15) is 9.18 Å². The lowest BCUT2D eigenvalue weighted by atomic mass is 10.1. The second-order valence-electron chi connectivity index (χ2n) is 4.18. The Hall–Kier alpha value is -0.900. The Kier molecular flexibility index (Phi) is 2.31. The zero-order valence-corrected chi connectivity index (χ0v) is 8.16. The molecule has 2 rings (SSSR count). The minimum Gasteiger partial charge on any atom is -0.476 e. The highest BCUT2D eigenvalue weighted by Crippen LogP contribution is 2.36. The molecule has 0 aromatic carbocycles. The van der Waals surface area contributed by atoms with Crippen LogP contribution in [0.3, 0.4) is 0 Å². The standard InChI is InChI=1S/C10H14FNO2/c1-6-4-7(9(11)10(13)14)5-12(6)8-2-3-8/h6,8H,2-5H2,1H3,(H,13,14). The lowest BCUT2D eigenvalue weighted by molar-refractivity contribution is -0.134. The fourth-order valence-corrected chi connectivity index (χ4v) is 2.12. The van der Waals surface area contributed by atoms with Gasteiger partial charge in [-0.25, -0.2) is 4.79 Å². The number of hydrogen-bond acceptors (Lipinski definition) is 2. The van der Waals surface area contributed by atoms with Crippen molar-refractivity contribution in [3.05, 3.63) is 11.4 Å². The van der Waals surface area contributed by atoms with Crippen LogP contribution in [0, 0.1) is 0 Å². The van der Waals surface area contributed by atoms with Crippen LogP contribution in [0.4, 0.5) is 4.39 Å². The summed E-state index contributed by atoms with van der Waals surface area (Å²) < 4.78 is 13.1. The van der Waals surface area contributed by atoms with E-state index in [0.29, 0.717) is 30.6 Å². The summed E-state index contributed by atoms with van der Waals surface area (Å²) in [5.41, 5.74) is 0.455. The molecule has 1 saturated heterocycles. The molecule has 1 aliphatic carbocycles. The van der Waals surface area contributed by atoms with Crippen LogP contribution in [0.1, 0.15) is 26.2 Å². The molecule has 0 radical (unpaired) electrons. The minimum atomic E-state index is -1.43. The van der Waals surface area contributed by atoms with Crippen molar-refractivity contribution in [2.45, 2.75) is 38.3 Å². The molecule has 2 fully saturated rings. The number of nitrogens with zero attached hydrogens (tertiary/aromatic N) is 1. The molecule has 0 spiro atoms. The average Bonchev–Trinajstić information content (AvgIpc) is 2.89. The molecule has 2 aliphatic rings. The van der Waals surface area contributed by atoms with Crippen LogP contribution in [-0.4, -0.2) is 34.6 Å². The predicted octanol–water partition coefficient (Wildman–Crippen LogP) is 1.55. The molecule has 14 heavy (non-hydrogen) atoms. The van der Waals surface area contributed by atoms with Crippen LogP contribution in [-0.2, 0) is 4.79 Å². The molecule has 3 nitrogen and oxygen atoms in total. The number of carboxylic acids is 1. The number of carbonyl (C=O) groups is 1. The Bertz CT molecular complexity index is 296. The molecule has 1 aliphatic heterocycles. The van der Waals surface area contributed by atoms with Crippen molar-refractivity contribution in [1.82, 2.24) is 4.90 Å². The molecule has 1 saturated carbocycles. The summed E-state index contributed by atoms with van der Waals surface area (Å²) in [6.45, 7) is 2.53. The molecule has 1 N–H and O–H groups in total. The van der Waals surface area contributed by atoms with Crippen LogP contribution in [0.25, 0.3) is 0 Å². The van der Waals surface area contributed by atoms with Gasteiger partial charge in [-0.15, -0.1) is 0 Å². The van der Waals surface area contributed by atoms with Crippen molar-refractivity contribution >= 4 is 5.97 Å². The fourth-order valence-electron chi connectivity index (χ4n) is 2.12. The molecule has 1 heterocycles. The minimum absolute atomic E-state index is 0.294. The number of rotatable bonds is 2. The topological polar surface area (TPSA) is 40.5 Å². The van der Waals surface area contributed by atoms with Crippen molar-refractivity contribution in [2.75, 3.05) is 6.54 Å². The summed E-state index contributed by atoms with van der Waals surface area (Å²) in [4.78, 5) is 12.6. The van der Waals surface area contributed by atoms with Gasteiger partial charge in [0.15, 0.2) is 0 Å². The molecular formula is C10H14FNO2. The van der Waals surface area contributed by atoms with Gasteiger partial charge in [0.1, 0.15) is 0 Å². The molecule has 78 valence electrons. The van der Waals surface area contributed by atoms with Crippen LogP contribution >= 0.6 is 0 Å². The van der Waals surface area contributed by atoms with E-state index in [1.54, 1.807) is 0 Å². The smallest absolute Gasteiger partial charge is 0.364 e. The summed E-state index contributed by atoms with van der Waals surface area (Å²) in [6.07, 6.45) is 2.91. The van der Waals surface area contributed by atoms with E-state index in [4.69, 9.17) is 5.11 Å². The number of aliphatic carboxylic acids is 1. The first-order valence-electron chi connectivity index (χ1n) is 4.96. The Labute approximate surface area is 82.2 Å². The molecule has 0 amide bonds. The van der Waals surface area contributed by atoms with Gasteiger partial charge in [0.25, 0.3) is 0 Å². The lowest BCUT2D eigenvalue weighted by Gasteiger charge is -2.18. The van der Waals surface area contributed by atoms with Crippen LogP contribution in [0.5, 0.6) is 0 Å². The molecule has 4 heteroatoms. The highest BCUT2D eigenvalue weighted by atomic mass is 19.1. The predicted molar refractivity (Wildman–Crippen MR) is 49.6 cm³/mol. The van der Waals surface area contributed by atoms with Crippen molar-refractivity contribution < 1.29 is 14.3 Å². The van der Waals surface area contributed by atoms with E-state index < -0.39 is 11.8 Å². The van der Waals surface area contributed by atoms with E-state index in [-0.39, 0.29) is 0 Å². The third kappa shape index (κ3) is 1.66. The second kappa shape index (κ2) is 3.35. The summed E-state index contributed by atoms with van der Waals surface area (Å²) >= 11 is 0. The van der Waals surface area contributed by atoms with Gasteiger partial charge in [0, 0.05) is 18.6 Å². The van der Waals surface area contributed by atoms with Crippen LogP contribution in [0.2, 0.25) is 0 Å². The normalized spacial score (nSPS) is 32.0. The first-order chi connectivity index (χ1) is 6.59. The zero-order valence-electron chi connectivity index (χ0n) is 8.16. The lowest BCUT2D eigenvalue weighted by Crippen LogP contribution is -2.28. The van der Waals surface area contributed by atoms with Gasteiger partial charge < -0.3 is 5.11 Å². The van der Waals surface area contributed by atoms with Crippen LogP contribution in [0.15, 0.2) is 11.4 Å². The van der Waals surface area contributed by atoms with Crippen molar-refractivity contribution in [2.24, 2.45) is 0 Å². The average molecular weight is 199 g/mol. The number of hydrogen-bond donors (Lipinski definition) is 1. The fraction of sp³-hybridized carbons (Fsp3) is 0.700. The maximum absolute atomic E-state index is 13.1. The highest BCUT2D eigenvalue weighted by molar-refractivity contribution is 5.85. The quantitative estimate of drug-likeness (QED) is 0.686. The third-order valence-electron chi connectivity index (χ3n) is 3.00. The SMILES string of the molecule is CC1CC(=C(F)C(=O)O)CN1C1CC1. The van der Waals surface area contributed by atoms with Gasteiger partial charge in [0.2, 0.25) is 5.83 Å². The maximum atomic E-state index is 13.1. The summed E-state index contributed by atoms with van der Waals surface area (Å²) in [5.74, 6) is -2.37. The molecule has 0 bridgehead atoms. The van der Waals surface area contributed by atoms with Crippen molar-refractivity contribution in [1.29, 1.82) is 0 Å². The maximum Gasteiger partial charge on any atom is 0.364 e. The van der Waals surface area contributed by atoms with Gasteiger partial charge in [-0.2, -0.15) is 4.39 Å². The second-order valence-corrected chi connectivity index (χ2v) is 4.18. The Morgan fingerprint density at radius 1 is 1.57 bits per heavy atom. The molecule has 1 atom stereocenters.